The van der Waals surface area contributed by atoms with Gasteiger partial charge >= 0.3 is 0 Å². The Bertz CT molecular complexity index is 639. The fourth-order valence-electron chi connectivity index (χ4n) is 2.28. The van der Waals surface area contributed by atoms with Crippen LogP contribution in [-0.4, -0.2) is 39.2 Å². The highest BCUT2D eigenvalue weighted by atomic mass is 127. The molecule has 0 aliphatic heterocycles. The van der Waals surface area contributed by atoms with Crippen molar-refractivity contribution in [1.82, 2.24) is 10.2 Å². The van der Waals surface area contributed by atoms with Crippen molar-refractivity contribution in [3.05, 3.63) is 57.2 Å². The monoisotopic (exact) mass is 476 g/mol. The molecule has 0 fully saturated rings. The van der Waals surface area contributed by atoms with Crippen LogP contribution in [-0.2, 0) is 13.2 Å². The number of benzene rings is 2. The van der Waals surface area contributed by atoms with Crippen molar-refractivity contribution in [2.45, 2.75) is 13.2 Å². The molecule has 0 amide bonds. The number of rotatable bonds is 9. The zero-order valence-electron chi connectivity index (χ0n) is 14.9. The lowest BCUT2D eigenvalue weighted by Crippen LogP contribution is -2.26. The van der Waals surface area contributed by atoms with Gasteiger partial charge in [-0.3, -0.25) is 0 Å². The molecule has 6 heteroatoms. The Kier molecular flexibility index (Phi) is 10.2. The van der Waals surface area contributed by atoms with Gasteiger partial charge in [-0.25, -0.2) is 0 Å². The van der Waals surface area contributed by atoms with Gasteiger partial charge in [0.15, 0.2) is 11.5 Å². The van der Waals surface area contributed by atoms with E-state index >= 15 is 0 Å². The first-order valence-electron chi connectivity index (χ1n) is 7.98. The average Bonchev–Trinajstić information content (AvgIpc) is 2.58. The van der Waals surface area contributed by atoms with Gasteiger partial charge in [0, 0.05) is 19.6 Å². The second-order valence-electron chi connectivity index (χ2n) is 5.86. The van der Waals surface area contributed by atoms with Gasteiger partial charge in [0.1, 0.15) is 6.61 Å². The third-order valence-electron chi connectivity index (χ3n) is 3.58. The van der Waals surface area contributed by atoms with E-state index in [0.717, 1.165) is 40.3 Å². The summed E-state index contributed by atoms with van der Waals surface area (Å²) in [7, 11) is 5.84. The summed E-state index contributed by atoms with van der Waals surface area (Å²) in [5.41, 5.74) is 2.34. The average molecular weight is 477 g/mol. The van der Waals surface area contributed by atoms with Gasteiger partial charge in [-0.2, -0.15) is 0 Å². The quantitative estimate of drug-likeness (QED) is 0.439. The van der Waals surface area contributed by atoms with Crippen molar-refractivity contribution >= 4 is 35.0 Å². The van der Waals surface area contributed by atoms with Crippen LogP contribution in [0.5, 0.6) is 11.5 Å². The molecule has 2 rings (SSSR count). The van der Waals surface area contributed by atoms with E-state index in [2.05, 4.69) is 65.1 Å². The largest absolute Gasteiger partial charge is 0.493 e. The predicted octanol–water partition coefficient (Wildman–Crippen LogP) is 3.95. The molecule has 25 heavy (non-hydrogen) atoms. The van der Waals surface area contributed by atoms with Gasteiger partial charge in [-0.05, 0) is 59.9 Å². The fraction of sp³-hybridized carbons (Fsp3) is 0.368. The number of hydrogen-bond donors (Lipinski definition) is 1. The molecule has 0 saturated heterocycles. The standard InChI is InChI=1S/C19H25IN2O2.ClH/c1-22(2)10-9-21-13-16-11-17(20)19(18(12-16)23-3)24-14-15-7-5-4-6-8-15;/h4-8,11-12,21H,9-10,13-14H2,1-3H3;1H. The van der Waals surface area contributed by atoms with E-state index in [-0.39, 0.29) is 12.4 Å². The summed E-state index contributed by atoms with van der Waals surface area (Å²) < 4.78 is 12.6. The minimum Gasteiger partial charge on any atom is -0.493 e. The molecular weight excluding hydrogens is 451 g/mol. The molecule has 1 N–H and O–H groups in total. The number of nitrogens with one attached hydrogen (secondary N) is 1. The number of hydrogen-bond acceptors (Lipinski definition) is 4. The third-order valence-corrected chi connectivity index (χ3v) is 4.38. The maximum atomic E-state index is 6.00. The molecule has 0 unspecified atom stereocenters. The fourth-order valence-corrected chi connectivity index (χ4v) is 3.10. The van der Waals surface area contributed by atoms with Crippen LogP contribution in [0.1, 0.15) is 11.1 Å². The Hall–Kier alpha value is -1.02. The Labute approximate surface area is 170 Å². The summed E-state index contributed by atoms with van der Waals surface area (Å²) in [6, 6.07) is 14.3. The van der Waals surface area contributed by atoms with Gasteiger partial charge in [-0.1, -0.05) is 30.3 Å². The van der Waals surface area contributed by atoms with Crippen molar-refractivity contribution in [3.8, 4) is 11.5 Å². The van der Waals surface area contributed by atoms with Crippen molar-refractivity contribution in [2.75, 3.05) is 34.3 Å². The van der Waals surface area contributed by atoms with Crippen molar-refractivity contribution in [3.63, 3.8) is 0 Å². The van der Waals surface area contributed by atoms with Crippen molar-refractivity contribution < 1.29 is 9.47 Å². The Morgan fingerprint density at radius 1 is 1.08 bits per heavy atom. The minimum absolute atomic E-state index is 0. The van der Waals surface area contributed by atoms with Crippen molar-refractivity contribution in [2.24, 2.45) is 0 Å². The van der Waals surface area contributed by atoms with E-state index in [9.17, 15) is 0 Å². The zero-order valence-corrected chi connectivity index (χ0v) is 17.9. The van der Waals surface area contributed by atoms with Gasteiger partial charge < -0.3 is 19.7 Å². The van der Waals surface area contributed by atoms with Gasteiger partial charge in [0.25, 0.3) is 0 Å². The van der Waals surface area contributed by atoms with Crippen LogP contribution in [0, 0.1) is 3.57 Å². The number of methoxy groups -OCH3 is 1. The van der Waals surface area contributed by atoms with Crippen LogP contribution < -0.4 is 14.8 Å². The van der Waals surface area contributed by atoms with Crippen LogP contribution in [0.3, 0.4) is 0 Å². The summed E-state index contributed by atoms with van der Waals surface area (Å²) >= 11 is 2.31. The number of nitrogens with zero attached hydrogens (tertiary/aromatic N) is 1. The van der Waals surface area contributed by atoms with E-state index < -0.39 is 0 Å². The van der Waals surface area contributed by atoms with E-state index in [1.54, 1.807) is 7.11 Å². The molecule has 0 bridgehead atoms. The molecule has 0 heterocycles. The van der Waals surface area contributed by atoms with Crippen LogP contribution >= 0.6 is 35.0 Å². The highest BCUT2D eigenvalue weighted by Crippen LogP contribution is 2.34. The molecule has 138 valence electrons. The van der Waals surface area contributed by atoms with Crippen LogP contribution in [0.25, 0.3) is 0 Å². The molecule has 0 aromatic heterocycles. The van der Waals surface area contributed by atoms with E-state index in [4.69, 9.17) is 9.47 Å². The molecule has 2 aromatic carbocycles. The lowest BCUT2D eigenvalue weighted by atomic mass is 10.2. The highest BCUT2D eigenvalue weighted by molar-refractivity contribution is 14.1. The summed E-state index contributed by atoms with van der Waals surface area (Å²) in [6.07, 6.45) is 0. The van der Waals surface area contributed by atoms with Crippen molar-refractivity contribution in [1.29, 1.82) is 0 Å². The van der Waals surface area contributed by atoms with Crippen LogP contribution in [0.4, 0.5) is 0 Å². The summed E-state index contributed by atoms with van der Waals surface area (Å²) in [4.78, 5) is 2.16. The van der Waals surface area contributed by atoms with Gasteiger partial charge in [-0.15, -0.1) is 12.4 Å². The predicted molar refractivity (Wildman–Crippen MR) is 114 cm³/mol. The van der Waals surface area contributed by atoms with Gasteiger partial charge in [0.2, 0.25) is 0 Å². The van der Waals surface area contributed by atoms with Gasteiger partial charge in [0.05, 0.1) is 10.7 Å². The minimum atomic E-state index is 0. The number of likely N-dealkylation sites (N-methyl/N-ethyl adjacent to an activating group) is 1. The van der Waals surface area contributed by atoms with Crippen LogP contribution in [0.15, 0.2) is 42.5 Å². The smallest absolute Gasteiger partial charge is 0.174 e. The molecular formula is C19H26ClIN2O2. The Morgan fingerprint density at radius 2 is 1.80 bits per heavy atom. The first-order valence-corrected chi connectivity index (χ1v) is 9.06. The molecule has 0 radical (unpaired) electrons. The maximum Gasteiger partial charge on any atom is 0.174 e. The summed E-state index contributed by atoms with van der Waals surface area (Å²) in [6.45, 7) is 3.33. The molecule has 2 aromatic rings. The van der Waals surface area contributed by atoms with E-state index in [0.29, 0.717) is 6.61 Å². The second kappa shape index (κ2) is 11.6. The lowest BCUT2D eigenvalue weighted by Gasteiger charge is -2.15. The molecule has 0 atom stereocenters. The molecule has 4 nitrogen and oxygen atoms in total. The summed E-state index contributed by atoms with van der Waals surface area (Å²) in [5.74, 6) is 1.58. The van der Waals surface area contributed by atoms with Crippen LogP contribution in [0.2, 0.25) is 0 Å². The second-order valence-corrected chi connectivity index (χ2v) is 7.03. The highest BCUT2D eigenvalue weighted by Gasteiger charge is 2.12. The number of ether oxygens (including phenoxy) is 2. The lowest BCUT2D eigenvalue weighted by molar-refractivity contribution is 0.282. The Balaban J connectivity index is 0.00000312. The zero-order chi connectivity index (χ0) is 17.4. The molecule has 0 aliphatic rings. The first kappa shape index (κ1) is 22.0. The third kappa shape index (κ3) is 7.40. The normalized spacial score (nSPS) is 10.4. The van der Waals surface area contributed by atoms with E-state index in [1.165, 1.54) is 5.56 Å². The SMILES string of the molecule is COc1cc(CNCCN(C)C)cc(I)c1OCc1ccccc1.Cl. The maximum absolute atomic E-state index is 6.00. The number of halogens is 2. The van der Waals surface area contributed by atoms with E-state index in [1.807, 2.05) is 24.3 Å². The first-order chi connectivity index (χ1) is 11.6. The topological polar surface area (TPSA) is 33.7 Å². The summed E-state index contributed by atoms with van der Waals surface area (Å²) in [5, 5.41) is 3.45. The molecule has 0 spiro atoms. The Morgan fingerprint density at radius 3 is 2.44 bits per heavy atom. The molecule has 0 saturated carbocycles. The molecule has 0 aliphatic carbocycles.